The van der Waals surface area contributed by atoms with Crippen LogP contribution in [0.25, 0.3) is 0 Å². The molecule has 1 aliphatic rings. The Morgan fingerprint density at radius 3 is 2.58 bits per heavy atom. The normalized spacial score (nSPS) is 14.9. The zero-order chi connectivity index (χ0) is 16.9. The van der Waals surface area contributed by atoms with Crippen LogP contribution in [0.3, 0.4) is 0 Å². The summed E-state index contributed by atoms with van der Waals surface area (Å²) in [5.41, 5.74) is 2.28. The third-order valence-electron chi connectivity index (χ3n) is 4.14. The second-order valence-corrected chi connectivity index (χ2v) is 5.80. The lowest BCUT2D eigenvalue weighted by atomic mass is 10.2. The number of carbonyl (C=O) groups is 1. The third kappa shape index (κ3) is 3.53. The first-order valence-corrected chi connectivity index (χ1v) is 7.87. The fraction of sp³-hybridized carbons (Fsp3) is 0.278. The number of hydrogen-bond donors (Lipinski definition) is 1. The Kier molecular flexibility index (Phi) is 4.73. The van der Waals surface area contributed by atoms with Gasteiger partial charge < -0.3 is 15.1 Å². The molecule has 6 heteroatoms. The van der Waals surface area contributed by atoms with Gasteiger partial charge in [0.1, 0.15) is 11.8 Å². The molecule has 0 unspecified atom stereocenters. The highest BCUT2D eigenvalue weighted by atomic mass is 16.1. The number of amides is 1. The molecule has 1 aromatic carbocycles. The first-order chi connectivity index (χ1) is 11.7. The Balaban J connectivity index is 1.69. The van der Waals surface area contributed by atoms with Crippen molar-refractivity contribution in [1.29, 1.82) is 5.26 Å². The van der Waals surface area contributed by atoms with E-state index >= 15 is 0 Å². The number of piperazine rings is 1. The Bertz CT molecular complexity index is 758. The third-order valence-corrected chi connectivity index (χ3v) is 4.14. The van der Waals surface area contributed by atoms with Crippen LogP contribution in [0, 0.1) is 11.3 Å². The van der Waals surface area contributed by atoms with Crippen LogP contribution >= 0.6 is 0 Å². The van der Waals surface area contributed by atoms with Crippen LogP contribution in [0.15, 0.2) is 42.6 Å². The number of para-hydroxylation sites is 1. The van der Waals surface area contributed by atoms with Crippen molar-refractivity contribution in [3.63, 3.8) is 0 Å². The number of carbonyl (C=O) groups excluding carboxylic acids is 1. The molecule has 0 spiro atoms. The molecule has 122 valence electrons. The zero-order valence-electron chi connectivity index (χ0n) is 13.6. The zero-order valence-corrected chi connectivity index (χ0v) is 13.6. The molecule has 2 aromatic rings. The molecule has 3 rings (SSSR count). The Morgan fingerprint density at radius 2 is 1.92 bits per heavy atom. The molecule has 1 aliphatic heterocycles. The SMILES string of the molecule is CN1CCN(c2ccc(C(=O)Nc3ccccc3C#N)nc2)CC1. The number of hydrogen-bond acceptors (Lipinski definition) is 5. The second kappa shape index (κ2) is 7.11. The summed E-state index contributed by atoms with van der Waals surface area (Å²) in [7, 11) is 2.11. The highest BCUT2D eigenvalue weighted by molar-refractivity contribution is 6.03. The van der Waals surface area contributed by atoms with Gasteiger partial charge in [-0.2, -0.15) is 5.26 Å². The molecule has 6 nitrogen and oxygen atoms in total. The molecule has 1 amide bonds. The minimum absolute atomic E-state index is 0.317. The summed E-state index contributed by atoms with van der Waals surface area (Å²) >= 11 is 0. The lowest BCUT2D eigenvalue weighted by Crippen LogP contribution is -2.44. The van der Waals surface area contributed by atoms with E-state index in [0.717, 1.165) is 31.9 Å². The topological polar surface area (TPSA) is 72.3 Å². The van der Waals surface area contributed by atoms with E-state index in [1.54, 1.807) is 36.5 Å². The molecule has 24 heavy (non-hydrogen) atoms. The van der Waals surface area contributed by atoms with Gasteiger partial charge in [-0.1, -0.05) is 12.1 Å². The summed E-state index contributed by atoms with van der Waals surface area (Å²) in [6.07, 6.45) is 1.73. The Labute approximate surface area is 141 Å². The van der Waals surface area contributed by atoms with Crippen LogP contribution in [0.5, 0.6) is 0 Å². The van der Waals surface area contributed by atoms with Gasteiger partial charge in [-0.3, -0.25) is 4.79 Å². The molecule has 0 saturated carbocycles. The van der Waals surface area contributed by atoms with Crippen LogP contribution in [0.4, 0.5) is 11.4 Å². The van der Waals surface area contributed by atoms with E-state index < -0.39 is 0 Å². The van der Waals surface area contributed by atoms with Crippen LogP contribution in [0.2, 0.25) is 0 Å². The molecule has 1 saturated heterocycles. The van der Waals surface area contributed by atoms with Crippen LogP contribution in [0.1, 0.15) is 16.1 Å². The number of benzene rings is 1. The van der Waals surface area contributed by atoms with Gasteiger partial charge in [0.05, 0.1) is 23.1 Å². The fourth-order valence-corrected chi connectivity index (χ4v) is 2.65. The van der Waals surface area contributed by atoms with Gasteiger partial charge >= 0.3 is 0 Å². The van der Waals surface area contributed by atoms with Gasteiger partial charge in [0.2, 0.25) is 0 Å². The van der Waals surface area contributed by atoms with E-state index in [2.05, 4.69) is 33.2 Å². The smallest absolute Gasteiger partial charge is 0.274 e. The molecule has 0 bridgehead atoms. The second-order valence-electron chi connectivity index (χ2n) is 5.80. The molecule has 0 atom stereocenters. The lowest BCUT2D eigenvalue weighted by molar-refractivity contribution is 0.102. The van der Waals surface area contributed by atoms with Crippen molar-refractivity contribution in [2.24, 2.45) is 0 Å². The first-order valence-electron chi connectivity index (χ1n) is 7.87. The van der Waals surface area contributed by atoms with Crippen molar-refractivity contribution in [3.8, 4) is 6.07 Å². The van der Waals surface area contributed by atoms with Crippen molar-refractivity contribution < 1.29 is 4.79 Å². The average molecular weight is 321 g/mol. The summed E-state index contributed by atoms with van der Waals surface area (Å²) in [6.45, 7) is 3.96. The van der Waals surface area contributed by atoms with E-state index in [1.165, 1.54) is 0 Å². The number of aromatic nitrogens is 1. The quantitative estimate of drug-likeness (QED) is 0.935. The molecule has 1 aromatic heterocycles. The number of nitrogens with zero attached hydrogens (tertiary/aromatic N) is 4. The van der Waals surface area contributed by atoms with E-state index in [-0.39, 0.29) is 5.91 Å². The van der Waals surface area contributed by atoms with Crippen molar-refractivity contribution in [2.75, 3.05) is 43.4 Å². The minimum Gasteiger partial charge on any atom is -0.368 e. The van der Waals surface area contributed by atoms with Crippen molar-refractivity contribution in [2.45, 2.75) is 0 Å². The maximum Gasteiger partial charge on any atom is 0.274 e. The van der Waals surface area contributed by atoms with Crippen molar-refractivity contribution >= 4 is 17.3 Å². The first kappa shape index (κ1) is 16.0. The van der Waals surface area contributed by atoms with Gasteiger partial charge in [-0.15, -0.1) is 0 Å². The van der Waals surface area contributed by atoms with Crippen molar-refractivity contribution in [1.82, 2.24) is 9.88 Å². The summed E-state index contributed by atoms with van der Waals surface area (Å²) in [4.78, 5) is 21.1. The number of pyridine rings is 1. The maximum atomic E-state index is 12.3. The molecular weight excluding hydrogens is 302 g/mol. The summed E-state index contributed by atoms with van der Waals surface area (Å²) in [6, 6.07) is 12.6. The number of likely N-dealkylation sites (N-methyl/N-ethyl adjacent to an activating group) is 1. The Hall–Kier alpha value is -2.91. The molecule has 0 aliphatic carbocycles. The predicted molar refractivity (Wildman–Crippen MR) is 93.1 cm³/mol. The minimum atomic E-state index is -0.317. The highest BCUT2D eigenvalue weighted by Gasteiger charge is 2.15. The summed E-state index contributed by atoms with van der Waals surface area (Å²) in [5.74, 6) is -0.317. The van der Waals surface area contributed by atoms with Crippen LogP contribution < -0.4 is 10.2 Å². The highest BCUT2D eigenvalue weighted by Crippen LogP contribution is 2.17. The molecular formula is C18H19N5O. The molecule has 0 radical (unpaired) electrons. The monoisotopic (exact) mass is 321 g/mol. The van der Waals surface area contributed by atoms with Gasteiger partial charge in [-0.05, 0) is 31.3 Å². The predicted octanol–water partition coefficient (Wildman–Crippen LogP) is 1.96. The van der Waals surface area contributed by atoms with Crippen LogP contribution in [-0.2, 0) is 0 Å². The van der Waals surface area contributed by atoms with Gasteiger partial charge in [0.25, 0.3) is 5.91 Å². The number of anilines is 2. The maximum absolute atomic E-state index is 12.3. The summed E-state index contributed by atoms with van der Waals surface area (Å²) < 4.78 is 0. The fourth-order valence-electron chi connectivity index (χ4n) is 2.65. The van der Waals surface area contributed by atoms with Crippen molar-refractivity contribution in [3.05, 3.63) is 53.9 Å². The lowest BCUT2D eigenvalue weighted by Gasteiger charge is -2.33. The molecule has 2 heterocycles. The molecule has 1 fully saturated rings. The average Bonchev–Trinajstić information content (AvgIpc) is 2.63. The van der Waals surface area contributed by atoms with Gasteiger partial charge in [-0.25, -0.2) is 4.98 Å². The standard InChI is InChI=1S/C18H19N5O/c1-22-8-10-23(11-9-22)15-6-7-17(20-13-15)18(24)21-16-5-3-2-4-14(16)12-19/h2-7,13H,8-11H2,1H3,(H,21,24). The molecule has 1 N–H and O–H groups in total. The number of rotatable bonds is 3. The van der Waals surface area contributed by atoms with E-state index in [9.17, 15) is 4.79 Å². The largest absolute Gasteiger partial charge is 0.368 e. The van der Waals surface area contributed by atoms with Gasteiger partial charge in [0.15, 0.2) is 0 Å². The van der Waals surface area contributed by atoms with Crippen LogP contribution in [-0.4, -0.2) is 49.0 Å². The van der Waals surface area contributed by atoms with E-state index in [0.29, 0.717) is 16.9 Å². The number of nitrogens with one attached hydrogen (secondary N) is 1. The summed E-state index contributed by atoms with van der Waals surface area (Å²) in [5, 5.41) is 11.8. The Morgan fingerprint density at radius 1 is 1.17 bits per heavy atom. The van der Waals surface area contributed by atoms with E-state index in [1.807, 2.05) is 6.07 Å². The van der Waals surface area contributed by atoms with Gasteiger partial charge in [0, 0.05) is 26.2 Å². The number of nitriles is 1. The van der Waals surface area contributed by atoms with E-state index in [4.69, 9.17) is 5.26 Å².